The lowest BCUT2D eigenvalue weighted by Crippen LogP contribution is -2.35. The number of carbonyl (C=O) groups is 1. The molecule has 5 nitrogen and oxygen atoms in total. The van der Waals surface area contributed by atoms with Crippen LogP contribution in [0.4, 0.5) is 5.69 Å². The van der Waals surface area contributed by atoms with Gasteiger partial charge in [-0.05, 0) is 24.3 Å². The number of hydrazine groups is 1. The van der Waals surface area contributed by atoms with Gasteiger partial charge in [-0.3, -0.25) is 0 Å². The van der Waals surface area contributed by atoms with Gasteiger partial charge in [-0.25, -0.2) is 10.2 Å². The van der Waals surface area contributed by atoms with Gasteiger partial charge in [-0.1, -0.05) is 11.6 Å². The largest absolute Gasteiger partial charge is 0.497 e. The van der Waals surface area contributed by atoms with E-state index >= 15 is 0 Å². The zero-order valence-electron chi connectivity index (χ0n) is 8.03. The van der Waals surface area contributed by atoms with E-state index in [1.165, 1.54) is 0 Å². The fourth-order valence-electron chi connectivity index (χ4n) is 0.883. The summed E-state index contributed by atoms with van der Waals surface area (Å²) >= 11 is 5.43. The number of carboxylic acids is 1. The summed E-state index contributed by atoms with van der Waals surface area (Å²) in [7, 11) is 1.57. The van der Waals surface area contributed by atoms with Crippen LogP contribution in [0.3, 0.4) is 0 Å². The van der Waals surface area contributed by atoms with Crippen molar-refractivity contribution in [3.8, 4) is 5.75 Å². The minimum Gasteiger partial charge on any atom is -0.497 e. The van der Waals surface area contributed by atoms with Gasteiger partial charge < -0.3 is 15.3 Å². The Morgan fingerprint density at radius 1 is 1.47 bits per heavy atom. The maximum absolute atomic E-state index is 10.4. The number of alkyl halides is 1. The fraction of sp³-hybridized carbons (Fsp3) is 0.222. The van der Waals surface area contributed by atoms with Gasteiger partial charge in [0.2, 0.25) is 0 Å². The van der Waals surface area contributed by atoms with Gasteiger partial charge in [0.1, 0.15) is 5.75 Å². The molecule has 0 saturated heterocycles. The number of aliphatic carboxylic acids is 1. The highest BCUT2D eigenvalue weighted by atomic mass is 35.5. The molecule has 0 radical (unpaired) electrons. The molecule has 1 aromatic rings. The highest BCUT2D eigenvalue weighted by Gasteiger charge is 2.11. The highest BCUT2D eigenvalue weighted by Crippen LogP contribution is 2.14. The van der Waals surface area contributed by atoms with Crippen molar-refractivity contribution in [2.24, 2.45) is 0 Å². The van der Waals surface area contributed by atoms with Crippen molar-refractivity contribution in [1.29, 1.82) is 0 Å². The number of benzene rings is 1. The van der Waals surface area contributed by atoms with Crippen LogP contribution in [0.2, 0.25) is 0 Å². The predicted molar refractivity (Wildman–Crippen MR) is 57.0 cm³/mol. The Morgan fingerprint density at radius 2 is 2.07 bits per heavy atom. The summed E-state index contributed by atoms with van der Waals surface area (Å²) in [5, 5.41) is 8.49. The van der Waals surface area contributed by atoms with Crippen molar-refractivity contribution < 1.29 is 14.6 Å². The van der Waals surface area contributed by atoms with E-state index in [-0.39, 0.29) is 0 Å². The minimum absolute atomic E-state index is 0.697. The molecular weight excluding hydrogens is 220 g/mol. The van der Waals surface area contributed by atoms with Gasteiger partial charge >= 0.3 is 5.97 Å². The fourth-order valence-corrected chi connectivity index (χ4v) is 0.937. The third-order valence-corrected chi connectivity index (χ3v) is 1.95. The summed E-state index contributed by atoms with van der Waals surface area (Å²) in [5.41, 5.74) is 4.59. The molecular formula is C9H11ClN2O3. The Labute approximate surface area is 92.0 Å². The van der Waals surface area contributed by atoms with Crippen LogP contribution in [0, 0.1) is 0 Å². The van der Waals surface area contributed by atoms with Gasteiger partial charge in [0.15, 0.2) is 5.50 Å². The standard InChI is InChI=1S/C9H11ClN2O3/c1-15-7-4-2-6(3-5-7)11-12-8(10)9(13)14/h2-5,8,11-12H,1H3,(H,13,14). The molecule has 1 atom stereocenters. The topological polar surface area (TPSA) is 70.6 Å². The van der Waals surface area contributed by atoms with E-state index in [0.717, 1.165) is 5.75 Å². The van der Waals surface area contributed by atoms with E-state index in [1.54, 1.807) is 31.4 Å². The van der Waals surface area contributed by atoms with Crippen LogP contribution in [0.5, 0.6) is 5.75 Å². The number of halogens is 1. The quantitative estimate of drug-likeness (QED) is 0.404. The van der Waals surface area contributed by atoms with E-state index in [4.69, 9.17) is 21.4 Å². The van der Waals surface area contributed by atoms with Gasteiger partial charge in [0.25, 0.3) is 0 Å². The Kier molecular flexibility index (Phi) is 4.20. The highest BCUT2D eigenvalue weighted by molar-refractivity contribution is 6.29. The average Bonchev–Trinajstić information content (AvgIpc) is 2.26. The third-order valence-electron chi connectivity index (χ3n) is 1.65. The Bertz CT molecular complexity index is 329. The molecule has 15 heavy (non-hydrogen) atoms. The molecule has 1 aromatic carbocycles. The van der Waals surface area contributed by atoms with Crippen LogP contribution in [0.1, 0.15) is 0 Å². The number of ether oxygens (including phenoxy) is 1. The van der Waals surface area contributed by atoms with Gasteiger partial charge in [-0.2, -0.15) is 0 Å². The number of hydrogen-bond acceptors (Lipinski definition) is 4. The second-order valence-electron chi connectivity index (χ2n) is 2.70. The van der Waals surface area contributed by atoms with Gasteiger partial charge in [-0.15, -0.1) is 0 Å². The molecule has 6 heteroatoms. The average molecular weight is 231 g/mol. The SMILES string of the molecule is COc1ccc(NNC(Cl)C(=O)O)cc1. The van der Waals surface area contributed by atoms with Crippen molar-refractivity contribution in [1.82, 2.24) is 5.43 Å². The molecule has 1 rings (SSSR count). The molecule has 0 spiro atoms. The normalized spacial score (nSPS) is 11.9. The van der Waals surface area contributed by atoms with Crippen LogP contribution < -0.4 is 15.6 Å². The van der Waals surface area contributed by atoms with E-state index in [2.05, 4.69) is 10.9 Å². The summed E-state index contributed by atoms with van der Waals surface area (Å²) in [4.78, 5) is 10.4. The maximum atomic E-state index is 10.4. The van der Waals surface area contributed by atoms with Crippen LogP contribution in [0.25, 0.3) is 0 Å². The Balaban J connectivity index is 2.47. The number of rotatable bonds is 5. The molecule has 3 N–H and O–H groups in total. The Hall–Kier alpha value is -1.46. The summed E-state index contributed by atoms with van der Waals surface area (Å²) < 4.78 is 4.96. The van der Waals surface area contributed by atoms with Crippen LogP contribution in [-0.2, 0) is 4.79 Å². The molecule has 0 amide bonds. The monoisotopic (exact) mass is 230 g/mol. The molecule has 0 aliphatic heterocycles. The molecule has 82 valence electrons. The molecule has 0 saturated carbocycles. The van der Waals surface area contributed by atoms with E-state index in [0.29, 0.717) is 5.69 Å². The number of hydrogen-bond donors (Lipinski definition) is 3. The van der Waals surface area contributed by atoms with Crippen molar-refractivity contribution in [2.75, 3.05) is 12.5 Å². The summed E-state index contributed by atoms with van der Waals surface area (Å²) in [6.45, 7) is 0. The lowest BCUT2D eigenvalue weighted by molar-refractivity contribution is -0.137. The first-order valence-electron chi connectivity index (χ1n) is 4.16. The summed E-state index contributed by atoms with van der Waals surface area (Å²) in [6, 6.07) is 6.95. The second kappa shape index (κ2) is 5.43. The molecule has 0 bridgehead atoms. The van der Waals surface area contributed by atoms with Crippen molar-refractivity contribution in [2.45, 2.75) is 5.50 Å². The molecule has 0 aromatic heterocycles. The zero-order valence-corrected chi connectivity index (χ0v) is 8.78. The molecule has 0 aliphatic rings. The zero-order chi connectivity index (χ0) is 11.3. The van der Waals surface area contributed by atoms with Crippen LogP contribution >= 0.6 is 11.6 Å². The molecule has 0 heterocycles. The number of nitrogens with one attached hydrogen (secondary N) is 2. The number of methoxy groups -OCH3 is 1. The minimum atomic E-state index is -1.17. The first kappa shape index (κ1) is 11.6. The van der Waals surface area contributed by atoms with E-state index < -0.39 is 11.5 Å². The summed E-state index contributed by atoms with van der Waals surface area (Å²) in [5.74, 6) is -0.418. The first-order chi connectivity index (χ1) is 7.13. The van der Waals surface area contributed by atoms with E-state index in [9.17, 15) is 4.79 Å². The second-order valence-corrected chi connectivity index (χ2v) is 3.14. The number of anilines is 1. The lowest BCUT2D eigenvalue weighted by atomic mass is 10.3. The molecule has 0 aliphatic carbocycles. The van der Waals surface area contributed by atoms with E-state index in [1.807, 2.05) is 0 Å². The van der Waals surface area contributed by atoms with Gasteiger partial charge in [0, 0.05) is 5.69 Å². The predicted octanol–water partition coefficient (Wildman–Crippen LogP) is 1.26. The third kappa shape index (κ3) is 3.65. The van der Waals surface area contributed by atoms with Crippen LogP contribution in [0.15, 0.2) is 24.3 Å². The molecule has 0 fully saturated rings. The first-order valence-corrected chi connectivity index (χ1v) is 4.59. The maximum Gasteiger partial charge on any atom is 0.337 e. The van der Waals surface area contributed by atoms with Gasteiger partial charge in [0.05, 0.1) is 7.11 Å². The van der Waals surface area contributed by atoms with Crippen LogP contribution in [-0.4, -0.2) is 23.7 Å². The van der Waals surface area contributed by atoms with Crippen molar-refractivity contribution in [3.05, 3.63) is 24.3 Å². The van der Waals surface area contributed by atoms with Crippen molar-refractivity contribution >= 4 is 23.3 Å². The molecule has 1 unspecified atom stereocenters. The lowest BCUT2D eigenvalue weighted by Gasteiger charge is -2.10. The Morgan fingerprint density at radius 3 is 2.53 bits per heavy atom. The van der Waals surface area contributed by atoms with Crippen molar-refractivity contribution in [3.63, 3.8) is 0 Å². The number of carboxylic acid groups (broad SMARTS) is 1. The smallest absolute Gasteiger partial charge is 0.337 e. The summed E-state index contributed by atoms with van der Waals surface area (Å²) in [6.07, 6.45) is 0.